The van der Waals surface area contributed by atoms with Crippen molar-refractivity contribution in [3.8, 4) is 5.75 Å². The minimum atomic E-state index is -0.936. The molecule has 0 N–H and O–H groups in total. The van der Waals surface area contributed by atoms with Crippen molar-refractivity contribution < 1.29 is 14.3 Å². The third-order valence-electron chi connectivity index (χ3n) is 2.78. The van der Waals surface area contributed by atoms with Gasteiger partial charge in [0.1, 0.15) is 24.1 Å². The summed E-state index contributed by atoms with van der Waals surface area (Å²) < 4.78 is 5.00. The summed E-state index contributed by atoms with van der Waals surface area (Å²) in [6, 6.07) is 5.03. The van der Waals surface area contributed by atoms with Crippen molar-refractivity contribution in [2.24, 2.45) is 5.11 Å². The molecule has 0 radical (unpaired) electrons. The molecule has 1 amide bonds. The lowest BCUT2D eigenvalue weighted by atomic mass is 9.96. The average Bonchev–Trinajstić information content (AvgIpc) is 2.42. The number of benzene rings is 1. The Bertz CT molecular complexity index is 522. The number of azide groups is 1. The second kappa shape index (κ2) is 4.77. The number of methoxy groups -OCH3 is 1. The molecule has 1 aliphatic rings. The van der Waals surface area contributed by atoms with E-state index in [1.54, 1.807) is 24.3 Å². The molecular formula is C11H10N4O3. The fourth-order valence-electron chi connectivity index (χ4n) is 1.85. The maximum absolute atomic E-state index is 11.7. The molecule has 0 spiro atoms. The Balaban J connectivity index is 2.25. The monoisotopic (exact) mass is 246 g/mol. The van der Waals surface area contributed by atoms with Gasteiger partial charge in [-0.15, -0.1) is 0 Å². The van der Waals surface area contributed by atoms with Gasteiger partial charge in [-0.05, 0) is 29.8 Å². The fraction of sp³-hybridized carbons (Fsp3) is 0.273. The molecule has 0 aromatic heterocycles. The number of nitrogens with zero attached hydrogens (tertiary/aromatic N) is 4. The van der Waals surface area contributed by atoms with Crippen molar-refractivity contribution in [2.75, 3.05) is 12.0 Å². The normalized spacial score (nSPS) is 21.8. The van der Waals surface area contributed by atoms with Crippen LogP contribution in [-0.4, -0.2) is 31.4 Å². The van der Waals surface area contributed by atoms with E-state index < -0.39 is 12.1 Å². The van der Waals surface area contributed by atoms with Gasteiger partial charge >= 0.3 is 0 Å². The van der Waals surface area contributed by atoms with Gasteiger partial charge in [-0.2, -0.15) is 0 Å². The standard InChI is InChI=1S/C11H10N4O3/c1-18-8-4-2-7(3-5-8)15-9(6-16)10(11(15)17)13-14-12/h2-6,9-10H,1H3/t9-,10+/m0/s1. The van der Waals surface area contributed by atoms with Gasteiger partial charge in [-0.3, -0.25) is 4.79 Å². The zero-order valence-corrected chi connectivity index (χ0v) is 9.56. The van der Waals surface area contributed by atoms with Crippen LogP contribution in [-0.2, 0) is 9.59 Å². The van der Waals surface area contributed by atoms with E-state index in [-0.39, 0.29) is 5.91 Å². The lowest BCUT2D eigenvalue weighted by Gasteiger charge is -2.41. The van der Waals surface area contributed by atoms with Crippen molar-refractivity contribution in [1.29, 1.82) is 0 Å². The molecule has 18 heavy (non-hydrogen) atoms. The lowest BCUT2D eigenvalue weighted by molar-refractivity contribution is -0.129. The first-order valence-electron chi connectivity index (χ1n) is 5.19. The van der Waals surface area contributed by atoms with Gasteiger partial charge in [-0.1, -0.05) is 5.11 Å². The first-order chi connectivity index (χ1) is 8.72. The maximum atomic E-state index is 11.7. The molecule has 92 valence electrons. The van der Waals surface area contributed by atoms with Crippen LogP contribution in [0.3, 0.4) is 0 Å². The summed E-state index contributed by atoms with van der Waals surface area (Å²) in [7, 11) is 1.54. The largest absolute Gasteiger partial charge is 0.497 e. The smallest absolute Gasteiger partial charge is 0.239 e. The van der Waals surface area contributed by atoms with Crippen molar-refractivity contribution in [3.05, 3.63) is 34.7 Å². The number of hydrogen-bond donors (Lipinski definition) is 0. The van der Waals surface area contributed by atoms with Crippen molar-refractivity contribution in [1.82, 2.24) is 0 Å². The number of β-lactam (4-membered cyclic amide) rings is 1. The average molecular weight is 246 g/mol. The predicted molar refractivity (Wildman–Crippen MR) is 63.3 cm³/mol. The topological polar surface area (TPSA) is 95.4 Å². The Morgan fingerprint density at radius 2 is 2.11 bits per heavy atom. The Morgan fingerprint density at radius 3 is 2.61 bits per heavy atom. The van der Waals surface area contributed by atoms with Crippen molar-refractivity contribution >= 4 is 17.9 Å². The van der Waals surface area contributed by atoms with Gasteiger partial charge in [0, 0.05) is 10.6 Å². The molecule has 1 saturated heterocycles. The number of aldehydes is 1. The second-order valence-electron chi connectivity index (χ2n) is 3.68. The van der Waals surface area contributed by atoms with E-state index in [0.29, 0.717) is 17.7 Å². The number of amides is 1. The summed E-state index contributed by atoms with van der Waals surface area (Å²) in [6.07, 6.45) is 0.602. The molecule has 2 rings (SSSR count). The summed E-state index contributed by atoms with van der Waals surface area (Å²) >= 11 is 0. The molecule has 0 saturated carbocycles. The zero-order valence-electron chi connectivity index (χ0n) is 9.56. The summed E-state index contributed by atoms with van der Waals surface area (Å²) in [5, 5.41) is 3.31. The molecule has 1 aliphatic heterocycles. The van der Waals surface area contributed by atoms with Crippen LogP contribution in [0.15, 0.2) is 29.4 Å². The first kappa shape index (κ1) is 11.9. The quantitative estimate of drug-likeness (QED) is 0.263. The fourth-order valence-corrected chi connectivity index (χ4v) is 1.85. The van der Waals surface area contributed by atoms with Gasteiger partial charge in [-0.25, -0.2) is 0 Å². The minimum absolute atomic E-state index is 0.380. The van der Waals surface area contributed by atoms with Crippen molar-refractivity contribution in [2.45, 2.75) is 12.1 Å². The van der Waals surface area contributed by atoms with Gasteiger partial charge in [0.05, 0.1) is 7.11 Å². The minimum Gasteiger partial charge on any atom is -0.497 e. The number of rotatable bonds is 4. The summed E-state index contributed by atoms with van der Waals surface area (Å²) in [5.41, 5.74) is 8.88. The number of ether oxygens (including phenoxy) is 1. The second-order valence-corrected chi connectivity index (χ2v) is 3.68. The highest BCUT2D eigenvalue weighted by Crippen LogP contribution is 2.30. The number of hydrogen-bond acceptors (Lipinski definition) is 4. The molecule has 1 heterocycles. The molecule has 7 heteroatoms. The predicted octanol–water partition coefficient (Wildman–Crippen LogP) is 1.29. The molecule has 0 unspecified atom stereocenters. The van der Waals surface area contributed by atoms with Crippen LogP contribution in [0.4, 0.5) is 5.69 Å². The van der Waals surface area contributed by atoms with Crippen molar-refractivity contribution in [3.63, 3.8) is 0 Å². The molecule has 7 nitrogen and oxygen atoms in total. The van der Waals surface area contributed by atoms with Gasteiger partial charge < -0.3 is 14.4 Å². The number of anilines is 1. The molecule has 1 aromatic carbocycles. The summed E-state index contributed by atoms with van der Waals surface area (Å²) in [5.74, 6) is 0.274. The maximum Gasteiger partial charge on any atom is 0.239 e. The highest BCUT2D eigenvalue weighted by molar-refractivity contribution is 6.10. The van der Waals surface area contributed by atoms with Crippen LogP contribution in [0, 0.1) is 0 Å². The zero-order chi connectivity index (χ0) is 13.1. The van der Waals surface area contributed by atoms with Crippen LogP contribution >= 0.6 is 0 Å². The highest BCUT2D eigenvalue weighted by Gasteiger charge is 2.47. The Morgan fingerprint density at radius 1 is 1.44 bits per heavy atom. The molecule has 0 aliphatic carbocycles. The van der Waals surface area contributed by atoms with Gasteiger partial charge in [0.2, 0.25) is 5.91 Å². The van der Waals surface area contributed by atoms with Crippen LogP contribution in [0.5, 0.6) is 5.75 Å². The molecule has 2 atom stereocenters. The van der Waals surface area contributed by atoms with E-state index in [1.807, 2.05) is 0 Å². The van der Waals surface area contributed by atoms with E-state index in [2.05, 4.69) is 10.0 Å². The third-order valence-corrected chi connectivity index (χ3v) is 2.78. The van der Waals surface area contributed by atoms with E-state index in [4.69, 9.17) is 10.3 Å². The summed E-state index contributed by atoms with van der Waals surface area (Å²) in [4.78, 5) is 26.5. The molecule has 0 bridgehead atoms. The van der Waals surface area contributed by atoms with E-state index in [0.717, 1.165) is 0 Å². The lowest BCUT2D eigenvalue weighted by Crippen LogP contribution is -2.65. The van der Waals surface area contributed by atoms with Gasteiger partial charge in [0.15, 0.2) is 0 Å². The Labute approximate surface area is 103 Å². The summed E-state index contributed by atoms with van der Waals surface area (Å²) in [6.45, 7) is 0. The highest BCUT2D eigenvalue weighted by atomic mass is 16.5. The Hall–Kier alpha value is -2.53. The van der Waals surface area contributed by atoms with Crippen LogP contribution in [0.25, 0.3) is 10.4 Å². The molecular weight excluding hydrogens is 236 g/mol. The van der Waals surface area contributed by atoms with E-state index >= 15 is 0 Å². The number of carbonyl (C=O) groups excluding carboxylic acids is 2. The number of carbonyl (C=O) groups is 2. The van der Waals surface area contributed by atoms with Crippen LogP contribution < -0.4 is 9.64 Å². The molecule has 1 aromatic rings. The van der Waals surface area contributed by atoms with E-state index in [1.165, 1.54) is 12.0 Å². The third kappa shape index (κ3) is 1.76. The SMILES string of the molecule is COc1ccc(N2C(=O)[C@H](N=[N+]=[N-])[C@@H]2C=O)cc1. The first-order valence-corrected chi connectivity index (χ1v) is 5.19. The van der Waals surface area contributed by atoms with Gasteiger partial charge in [0.25, 0.3) is 0 Å². The van der Waals surface area contributed by atoms with Crippen LogP contribution in [0.1, 0.15) is 0 Å². The van der Waals surface area contributed by atoms with E-state index in [9.17, 15) is 9.59 Å². The van der Waals surface area contributed by atoms with Crippen LogP contribution in [0.2, 0.25) is 0 Å². The Kier molecular flexibility index (Phi) is 3.16. The molecule has 1 fully saturated rings.